The summed E-state index contributed by atoms with van der Waals surface area (Å²) in [5.74, 6) is 0.588. The molecule has 0 N–H and O–H groups in total. The van der Waals surface area contributed by atoms with Gasteiger partial charge in [0.2, 0.25) is 5.69 Å². The van der Waals surface area contributed by atoms with Crippen molar-refractivity contribution in [1.29, 1.82) is 0 Å². The second kappa shape index (κ2) is 9.24. The lowest BCUT2D eigenvalue weighted by Crippen LogP contribution is -2.34. The van der Waals surface area contributed by atoms with E-state index in [1.54, 1.807) is 0 Å². The topological polar surface area (TPSA) is 3.88 Å². The molecule has 0 atom stereocenters. The second-order valence-electron chi connectivity index (χ2n) is 12.6. The van der Waals surface area contributed by atoms with E-state index >= 15 is 0 Å². The fraction of sp³-hybridized carbons (Fsp3) is 0.343. The molecule has 0 fully saturated rings. The zero-order valence-electron chi connectivity index (χ0n) is 24.2. The molecule has 0 amide bonds. The number of pyridine rings is 1. The number of halogens is 3. The van der Waals surface area contributed by atoms with Gasteiger partial charge in [0.05, 0.1) is 16.4 Å². The summed E-state index contributed by atoms with van der Waals surface area (Å²) in [6, 6.07) is 17.1. The molecule has 0 radical (unpaired) electrons. The number of aromatic nitrogens is 1. The minimum absolute atomic E-state index is 0.0518. The Kier molecular flexibility index (Phi) is 6.27. The van der Waals surface area contributed by atoms with E-state index in [1.807, 2.05) is 30.0 Å². The Morgan fingerprint density at radius 3 is 2.23 bits per heavy atom. The van der Waals surface area contributed by atoms with Crippen LogP contribution in [-0.4, -0.2) is 6.18 Å². The summed E-state index contributed by atoms with van der Waals surface area (Å²) in [6.45, 7) is 11.5. The van der Waals surface area contributed by atoms with Gasteiger partial charge in [0.25, 0.3) is 0 Å². The lowest BCUT2D eigenvalue weighted by Gasteiger charge is -2.28. The standard InChI is InChI=1S/C35H35F3NS/c1-19(2)14-22-9-11-25-21(4)33-30(20(3)27(25)15-22)32-31-26(12-13-39(32)7)28-16-23(18-34(5,6)35(36,37)38)8-10-24(28)17-29(31)40-33/h8-13,15-17,19H,14,18H2,1-7H3/q+1. The summed E-state index contributed by atoms with van der Waals surface area (Å²) in [6.07, 6.45) is -1.17. The molecular weight excluding hydrogens is 523 g/mol. The molecule has 6 rings (SSSR count). The van der Waals surface area contributed by atoms with Gasteiger partial charge in [0.1, 0.15) is 7.05 Å². The van der Waals surface area contributed by atoms with Gasteiger partial charge in [-0.2, -0.15) is 13.2 Å². The van der Waals surface area contributed by atoms with Gasteiger partial charge in [0, 0.05) is 21.2 Å². The first-order valence-electron chi connectivity index (χ1n) is 14.0. The molecule has 0 unspecified atom stereocenters. The van der Waals surface area contributed by atoms with Crippen LogP contribution in [0.1, 0.15) is 49.9 Å². The lowest BCUT2D eigenvalue weighted by atomic mass is 9.84. The molecule has 1 aliphatic heterocycles. The number of hydrogen-bond acceptors (Lipinski definition) is 1. The van der Waals surface area contributed by atoms with Crippen molar-refractivity contribution in [2.45, 2.75) is 70.4 Å². The summed E-state index contributed by atoms with van der Waals surface area (Å²) in [5.41, 5.74) is 5.30. The predicted molar refractivity (Wildman–Crippen MR) is 161 cm³/mol. The summed E-state index contributed by atoms with van der Waals surface area (Å²) < 4.78 is 43.3. The van der Waals surface area contributed by atoms with Crippen molar-refractivity contribution >= 4 is 44.1 Å². The van der Waals surface area contributed by atoms with E-state index in [1.165, 1.54) is 67.7 Å². The smallest absolute Gasteiger partial charge is 0.200 e. The molecule has 1 nitrogen and oxygen atoms in total. The zero-order chi connectivity index (χ0) is 28.7. The number of hydrogen-bond donors (Lipinski definition) is 0. The van der Waals surface area contributed by atoms with Crippen LogP contribution < -0.4 is 4.57 Å². The highest BCUT2D eigenvalue weighted by Crippen LogP contribution is 2.52. The van der Waals surface area contributed by atoms with Crippen LogP contribution in [0.4, 0.5) is 13.2 Å². The molecule has 206 valence electrons. The van der Waals surface area contributed by atoms with Crippen molar-refractivity contribution in [3.8, 4) is 11.3 Å². The average Bonchev–Trinajstić information content (AvgIpc) is 2.87. The van der Waals surface area contributed by atoms with Crippen molar-refractivity contribution in [2.75, 3.05) is 0 Å². The number of benzene rings is 4. The van der Waals surface area contributed by atoms with Gasteiger partial charge >= 0.3 is 6.18 Å². The molecule has 1 aliphatic rings. The zero-order valence-corrected chi connectivity index (χ0v) is 25.0. The molecule has 5 aromatic rings. The van der Waals surface area contributed by atoms with Crippen LogP contribution >= 0.6 is 11.8 Å². The summed E-state index contributed by atoms with van der Waals surface area (Å²) >= 11 is 1.82. The summed E-state index contributed by atoms with van der Waals surface area (Å²) in [4.78, 5) is 2.49. The first-order chi connectivity index (χ1) is 18.8. The van der Waals surface area contributed by atoms with Gasteiger partial charge in [-0.15, -0.1) is 0 Å². The van der Waals surface area contributed by atoms with Crippen molar-refractivity contribution in [1.82, 2.24) is 0 Å². The van der Waals surface area contributed by atoms with Crippen LogP contribution in [0.2, 0.25) is 0 Å². The Hall–Kier alpha value is -3.05. The minimum atomic E-state index is -4.26. The predicted octanol–water partition coefficient (Wildman–Crippen LogP) is 10.0. The van der Waals surface area contributed by atoms with Crippen molar-refractivity contribution in [2.24, 2.45) is 18.4 Å². The quantitative estimate of drug-likeness (QED) is 0.154. The Balaban J connectivity index is 1.62. The van der Waals surface area contributed by atoms with Crippen molar-refractivity contribution < 1.29 is 17.7 Å². The van der Waals surface area contributed by atoms with E-state index in [0.29, 0.717) is 11.5 Å². The first kappa shape index (κ1) is 27.1. The maximum Gasteiger partial charge on any atom is 0.394 e. The van der Waals surface area contributed by atoms with Crippen LogP contribution in [0.5, 0.6) is 0 Å². The van der Waals surface area contributed by atoms with E-state index in [4.69, 9.17) is 0 Å². The molecule has 4 aromatic carbocycles. The SMILES string of the molecule is Cc1c2c(c(C)c3cc(CC(C)C)ccc13)-c1c3c(cc4ccc(CC(C)(C)C(F)(F)F)cc4c3cc[n+]1C)S2. The van der Waals surface area contributed by atoms with Crippen LogP contribution in [0.15, 0.2) is 64.5 Å². The third-order valence-electron chi connectivity index (χ3n) is 8.61. The molecule has 0 saturated carbocycles. The maximum atomic E-state index is 13.7. The Morgan fingerprint density at radius 1 is 0.825 bits per heavy atom. The Bertz CT molecular complexity index is 1850. The average molecular weight is 559 g/mol. The number of rotatable bonds is 4. The number of aryl methyl sites for hydroxylation is 3. The van der Waals surface area contributed by atoms with Gasteiger partial charge < -0.3 is 0 Å². The van der Waals surface area contributed by atoms with Crippen LogP contribution in [0.3, 0.4) is 0 Å². The van der Waals surface area contributed by atoms with E-state index in [9.17, 15) is 13.2 Å². The van der Waals surface area contributed by atoms with E-state index in [-0.39, 0.29) is 6.42 Å². The van der Waals surface area contributed by atoms with Crippen LogP contribution in [0, 0.1) is 25.2 Å². The van der Waals surface area contributed by atoms with E-state index in [0.717, 1.165) is 22.6 Å². The monoisotopic (exact) mass is 558 g/mol. The molecule has 1 aromatic heterocycles. The molecule has 5 heteroatoms. The van der Waals surface area contributed by atoms with Gasteiger partial charge in [-0.3, -0.25) is 0 Å². The van der Waals surface area contributed by atoms with Crippen LogP contribution in [-0.2, 0) is 19.9 Å². The minimum Gasteiger partial charge on any atom is -0.200 e. The third kappa shape index (κ3) is 4.20. The fourth-order valence-electron chi connectivity index (χ4n) is 6.36. The number of fused-ring (bicyclic) bond motifs is 5. The van der Waals surface area contributed by atoms with E-state index in [2.05, 4.69) is 75.8 Å². The third-order valence-corrected chi connectivity index (χ3v) is 9.86. The maximum absolute atomic E-state index is 13.7. The molecule has 0 saturated heterocycles. The van der Waals surface area contributed by atoms with Gasteiger partial charge in [-0.1, -0.05) is 75.9 Å². The van der Waals surface area contributed by atoms with Gasteiger partial charge in [-0.05, 0) is 82.5 Å². The summed E-state index contributed by atoms with van der Waals surface area (Å²) in [5, 5.41) is 6.94. The molecule has 0 aliphatic carbocycles. The van der Waals surface area contributed by atoms with Crippen LogP contribution in [0.25, 0.3) is 43.6 Å². The Morgan fingerprint density at radius 2 is 1.52 bits per heavy atom. The van der Waals surface area contributed by atoms with Crippen molar-refractivity contribution in [3.63, 3.8) is 0 Å². The molecule has 40 heavy (non-hydrogen) atoms. The second-order valence-corrected chi connectivity index (χ2v) is 13.6. The Labute approximate surface area is 238 Å². The highest BCUT2D eigenvalue weighted by molar-refractivity contribution is 8.00. The largest absolute Gasteiger partial charge is 0.394 e. The molecular formula is C35H35F3NS+. The summed E-state index contributed by atoms with van der Waals surface area (Å²) in [7, 11) is 2.10. The van der Waals surface area contributed by atoms with Gasteiger partial charge in [0.15, 0.2) is 6.20 Å². The number of alkyl halides is 3. The normalized spacial score (nSPS) is 13.6. The molecule has 0 spiro atoms. The first-order valence-corrected chi connectivity index (χ1v) is 14.8. The highest BCUT2D eigenvalue weighted by atomic mass is 32.2. The highest BCUT2D eigenvalue weighted by Gasteiger charge is 2.47. The number of nitrogens with zero attached hydrogens (tertiary/aromatic N) is 1. The molecule has 2 heterocycles. The van der Waals surface area contributed by atoms with Gasteiger partial charge in [-0.25, -0.2) is 4.57 Å². The van der Waals surface area contributed by atoms with E-state index < -0.39 is 11.6 Å². The van der Waals surface area contributed by atoms with Crippen molar-refractivity contribution in [3.05, 3.63) is 77.0 Å². The fourth-order valence-corrected chi connectivity index (χ4v) is 7.69. The lowest BCUT2D eigenvalue weighted by molar-refractivity contribution is -0.659. The molecule has 0 bridgehead atoms.